The summed E-state index contributed by atoms with van der Waals surface area (Å²) in [5.41, 5.74) is 2.76. The molecular weight excluding hydrogens is 210 g/mol. The second-order valence-corrected chi connectivity index (χ2v) is 5.16. The Morgan fingerprint density at radius 3 is 3.00 bits per heavy atom. The highest BCUT2D eigenvalue weighted by atomic mass is 15.0. The van der Waals surface area contributed by atoms with Crippen LogP contribution in [-0.4, -0.2) is 24.1 Å². The summed E-state index contributed by atoms with van der Waals surface area (Å²) in [6.07, 6.45) is 7.58. The second-order valence-electron chi connectivity index (χ2n) is 5.16. The topological polar surface area (TPSA) is 37.0 Å². The van der Waals surface area contributed by atoms with E-state index in [4.69, 9.17) is 0 Å². The van der Waals surface area contributed by atoms with E-state index in [0.29, 0.717) is 0 Å². The summed E-state index contributed by atoms with van der Waals surface area (Å²) in [4.78, 5) is 4.67. The number of nitrogens with one attached hydrogen (secondary N) is 2. The molecule has 1 aromatic rings. The predicted octanol–water partition coefficient (Wildman–Crippen LogP) is 2.12. The molecule has 1 fully saturated rings. The lowest BCUT2D eigenvalue weighted by Gasteiger charge is -2.07. The molecule has 0 bridgehead atoms. The lowest BCUT2D eigenvalue weighted by molar-refractivity contribution is 0.658. The predicted molar refractivity (Wildman–Crippen MR) is 70.4 cm³/mol. The first-order valence-electron chi connectivity index (χ1n) is 6.88. The minimum absolute atomic E-state index is 0.827. The second kappa shape index (κ2) is 5.05. The van der Waals surface area contributed by atoms with Gasteiger partial charge in [0.1, 0.15) is 5.82 Å². The number of hydrogen-bond donors (Lipinski definition) is 2. The zero-order valence-corrected chi connectivity index (χ0v) is 10.3. The van der Waals surface area contributed by atoms with E-state index in [1.165, 1.54) is 43.4 Å². The Bertz CT molecular complexity index is 385. The van der Waals surface area contributed by atoms with Gasteiger partial charge in [0.05, 0.1) is 0 Å². The number of aryl methyl sites for hydroxylation is 2. The molecule has 17 heavy (non-hydrogen) atoms. The number of aromatic nitrogens is 1. The molecular formula is C14H21N3. The summed E-state index contributed by atoms with van der Waals surface area (Å²) in [6.45, 7) is 2.15. The van der Waals surface area contributed by atoms with Crippen molar-refractivity contribution in [2.45, 2.75) is 44.6 Å². The van der Waals surface area contributed by atoms with Crippen molar-refractivity contribution in [3.05, 3.63) is 23.4 Å². The number of fused-ring (bicyclic) bond motifs is 1. The molecule has 2 aliphatic rings. The van der Waals surface area contributed by atoms with E-state index in [1.807, 2.05) is 0 Å². The first kappa shape index (κ1) is 11.0. The number of rotatable bonds is 6. The van der Waals surface area contributed by atoms with Gasteiger partial charge in [-0.15, -0.1) is 0 Å². The van der Waals surface area contributed by atoms with E-state index in [1.54, 1.807) is 0 Å². The van der Waals surface area contributed by atoms with Gasteiger partial charge in [0.2, 0.25) is 0 Å². The molecule has 2 aliphatic carbocycles. The van der Waals surface area contributed by atoms with E-state index in [2.05, 4.69) is 27.8 Å². The highest BCUT2D eigenvalue weighted by molar-refractivity contribution is 5.40. The number of nitrogens with zero attached hydrogens (tertiary/aromatic N) is 1. The molecule has 0 aromatic carbocycles. The molecule has 0 spiro atoms. The molecule has 3 nitrogen and oxygen atoms in total. The van der Waals surface area contributed by atoms with Gasteiger partial charge in [-0.2, -0.15) is 0 Å². The summed E-state index contributed by atoms with van der Waals surface area (Å²) in [5, 5.41) is 6.94. The van der Waals surface area contributed by atoms with Crippen molar-refractivity contribution in [1.29, 1.82) is 0 Å². The van der Waals surface area contributed by atoms with E-state index in [9.17, 15) is 0 Å². The van der Waals surface area contributed by atoms with Gasteiger partial charge < -0.3 is 10.6 Å². The Hall–Kier alpha value is -1.09. The fourth-order valence-corrected chi connectivity index (χ4v) is 2.42. The molecule has 1 heterocycles. The molecule has 0 aliphatic heterocycles. The van der Waals surface area contributed by atoms with Crippen molar-refractivity contribution < 1.29 is 0 Å². The van der Waals surface area contributed by atoms with Crippen molar-refractivity contribution in [2.75, 3.05) is 18.4 Å². The Morgan fingerprint density at radius 1 is 1.18 bits per heavy atom. The molecule has 1 saturated carbocycles. The highest BCUT2D eigenvalue weighted by Crippen LogP contribution is 2.21. The molecule has 3 rings (SSSR count). The summed E-state index contributed by atoms with van der Waals surface area (Å²) in [5.74, 6) is 1.05. The quantitative estimate of drug-likeness (QED) is 0.736. The third kappa shape index (κ3) is 2.97. The fourth-order valence-electron chi connectivity index (χ4n) is 2.42. The van der Waals surface area contributed by atoms with Gasteiger partial charge in [-0.25, -0.2) is 4.98 Å². The average Bonchev–Trinajstić information content (AvgIpc) is 3.05. The van der Waals surface area contributed by atoms with Gasteiger partial charge in [-0.3, -0.25) is 0 Å². The van der Waals surface area contributed by atoms with E-state index < -0.39 is 0 Å². The molecule has 0 saturated heterocycles. The van der Waals surface area contributed by atoms with Gasteiger partial charge >= 0.3 is 0 Å². The zero-order valence-electron chi connectivity index (χ0n) is 10.3. The SMILES string of the molecule is c1cc2c(nc1NCCCNC1CC1)CCC2. The summed E-state index contributed by atoms with van der Waals surface area (Å²) < 4.78 is 0. The normalized spacial score (nSPS) is 18.1. The largest absolute Gasteiger partial charge is 0.370 e. The third-order valence-corrected chi connectivity index (χ3v) is 3.60. The van der Waals surface area contributed by atoms with E-state index in [-0.39, 0.29) is 0 Å². The molecule has 0 atom stereocenters. The van der Waals surface area contributed by atoms with Crippen LogP contribution in [0.5, 0.6) is 0 Å². The van der Waals surface area contributed by atoms with Crippen LogP contribution in [0.15, 0.2) is 12.1 Å². The van der Waals surface area contributed by atoms with Crippen molar-refractivity contribution in [3.8, 4) is 0 Å². The van der Waals surface area contributed by atoms with Crippen LogP contribution in [0.3, 0.4) is 0 Å². The molecule has 0 radical (unpaired) electrons. The third-order valence-electron chi connectivity index (χ3n) is 3.60. The minimum Gasteiger partial charge on any atom is -0.370 e. The van der Waals surface area contributed by atoms with Crippen LogP contribution >= 0.6 is 0 Å². The first-order chi connectivity index (χ1) is 8.42. The van der Waals surface area contributed by atoms with Crippen molar-refractivity contribution in [3.63, 3.8) is 0 Å². The monoisotopic (exact) mass is 231 g/mol. The molecule has 0 unspecified atom stereocenters. The maximum absolute atomic E-state index is 4.67. The van der Waals surface area contributed by atoms with Crippen LogP contribution in [-0.2, 0) is 12.8 Å². The van der Waals surface area contributed by atoms with Crippen molar-refractivity contribution in [2.24, 2.45) is 0 Å². The van der Waals surface area contributed by atoms with Crippen LogP contribution in [0.1, 0.15) is 36.9 Å². The Kier molecular flexibility index (Phi) is 3.27. The summed E-state index contributed by atoms with van der Waals surface area (Å²) >= 11 is 0. The lowest BCUT2D eigenvalue weighted by Crippen LogP contribution is -2.20. The van der Waals surface area contributed by atoms with Crippen LogP contribution in [0.25, 0.3) is 0 Å². The first-order valence-corrected chi connectivity index (χ1v) is 6.88. The lowest BCUT2D eigenvalue weighted by atomic mass is 10.2. The van der Waals surface area contributed by atoms with Crippen molar-refractivity contribution in [1.82, 2.24) is 10.3 Å². The van der Waals surface area contributed by atoms with Crippen LogP contribution in [0.4, 0.5) is 5.82 Å². The summed E-state index contributed by atoms with van der Waals surface area (Å²) in [6, 6.07) is 5.19. The fraction of sp³-hybridized carbons (Fsp3) is 0.643. The van der Waals surface area contributed by atoms with Crippen molar-refractivity contribution >= 4 is 5.82 Å². The van der Waals surface area contributed by atoms with Crippen LogP contribution in [0.2, 0.25) is 0 Å². The number of anilines is 1. The highest BCUT2D eigenvalue weighted by Gasteiger charge is 2.19. The summed E-state index contributed by atoms with van der Waals surface area (Å²) in [7, 11) is 0. The molecule has 2 N–H and O–H groups in total. The smallest absolute Gasteiger partial charge is 0.126 e. The standard InChI is InChI=1S/C14H21N3/c1-3-11-5-8-14(17-13(11)4-1)16-10-2-9-15-12-6-7-12/h5,8,12,15H,1-4,6-7,9-10H2,(H,16,17). The minimum atomic E-state index is 0.827. The average molecular weight is 231 g/mol. The van der Waals surface area contributed by atoms with E-state index >= 15 is 0 Å². The van der Waals surface area contributed by atoms with Gasteiger partial charge in [0.15, 0.2) is 0 Å². The molecule has 92 valence electrons. The molecule has 0 amide bonds. The van der Waals surface area contributed by atoms with Crippen LogP contribution < -0.4 is 10.6 Å². The van der Waals surface area contributed by atoms with Gasteiger partial charge in [0, 0.05) is 18.3 Å². The van der Waals surface area contributed by atoms with Gasteiger partial charge in [-0.05, 0) is 56.7 Å². The van der Waals surface area contributed by atoms with Gasteiger partial charge in [0.25, 0.3) is 0 Å². The number of hydrogen-bond acceptors (Lipinski definition) is 3. The Morgan fingerprint density at radius 2 is 2.12 bits per heavy atom. The number of pyridine rings is 1. The maximum atomic E-state index is 4.67. The van der Waals surface area contributed by atoms with Crippen LogP contribution in [0, 0.1) is 0 Å². The zero-order chi connectivity index (χ0) is 11.5. The van der Waals surface area contributed by atoms with E-state index in [0.717, 1.165) is 31.4 Å². The molecule has 1 aromatic heterocycles. The molecule has 3 heteroatoms. The maximum Gasteiger partial charge on any atom is 0.126 e. The Balaban J connectivity index is 1.41. The van der Waals surface area contributed by atoms with Gasteiger partial charge in [-0.1, -0.05) is 6.07 Å². The Labute approximate surface area is 103 Å².